The van der Waals surface area contributed by atoms with E-state index in [0.29, 0.717) is 6.04 Å². The van der Waals surface area contributed by atoms with Crippen LogP contribution in [-0.4, -0.2) is 28.7 Å². The van der Waals surface area contributed by atoms with E-state index in [1.807, 2.05) is 23.1 Å². The molecule has 3 heteroatoms. The van der Waals surface area contributed by atoms with E-state index >= 15 is 0 Å². The molecule has 2 rings (SSSR count). The van der Waals surface area contributed by atoms with Crippen LogP contribution >= 0.6 is 15.9 Å². The average Bonchev–Trinajstić information content (AvgIpc) is 2.80. The maximum absolute atomic E-state index is 12.4. The van der Waals surface area contributed by atoms with Crippen LogP contribution in [0.2, 0.25) is 0 Å². The number of likely N-dealkylation sites (tertiary alicyclic amines) is 1. The Labute approximate surface area is 111 Å². The number of aryl methyl sites for hydroxylation is 2. The smallest absolute Gasteiger partial charge is 0.254 e. The quantitative estimate of drug-likeness (QED) is 0.767. The SMILES string of the molecule is Cc1ccc(C(=O)N2CCCC2CBr)cc1C. The molecule has 1 heterocycles. The van der Waals surface area contributed by atoms with Gasteiger partial charge in [-0.15, -0.1) is 0 Å². The van der Waals surface area contributed by atoms with E-state index in [-0.39, 0.29) is 5.91 Å². The van der Waals surface area contributed by atoms with E-state index in [0.717, 1.165) is 30.3 Å². The van der Waals surface area contributed by atoms with E-state index in [1.54, 1.807) is 0 Å². The van der Waals surface area contributed by atoms with Gasteiger partial charge in [-0.25, -0.2) is 0 Å². The minimum atomic E-state index is 0.176. The summed E-state index contributed by atoms with van der Waals surface area (Å²) in [6.07, 6.45) is 2.23. The third kappa shape index (κ3) is 2.54. The molecule has 0 spiro atoms. The van der Waals surface area contributed by atoms with Gasteiger partial charge >= 0.3 is 0 Å². The molecule has 0 saturated carbocycles. The van der Waals surface area contributed by atoms with E-state index in [9.17, 15) is 4.79 Å². The van der Waals surface area contributed by atoms with Gasteiger partial charge in [0.05, 0.1) is 0 Å². The van der Waals surface area contributed by atoms with Crippen LogP contribution in [0.15, 0.2) is 18.2 Å². The van der Waals surface area contributed by atoms with Crippen molar-refractivity contribution in [2.45, 2.75) is 32.7 Å². The summed E-state index contributed by atoms with van der Waals surface area (Å²) in [7, 11) is 0. The standard InChI is InChI=1S/C14H18BrNO/c1-10-5-6-12(8-11(10)2)14(17)16-7-3-4-13(16)9-15/h5-6,8,13H,3-4,7,9H2,1-2H3. The topological polar surface area (TPSA) is 20.3 Å². The molecular weight excluding hydrogens is 278 g/mol. The van der Waals surface area contributed by atoms with Crippen molar-refractivity contribution >= 4 is 21.8 Å². The molecule has 0 aliphatic carbocycles. The van der Waals surface area contributed by atoms with Gasteiger partial charge in [-0.3, -0.25) is 4.79 Å². The number of nitrogens with zero attached hydrogens (tertiary/aromatic N) is 1. The third-order valence-corrected chi connectivity index (χ3v) is 4.32. The molecule has 1 amide bonds. The molecule has 0 N–H and O–H groups in total. The molecule has 0 aromatic heterocycles. The van der Waals surface area contributed by atoms with Gasteiger partial charge in [0.25, 0.3) is 5.91 Å². The molecule has 1 aromatic rings. The second-order valence-corrected chi connectivity index (χ2v) is 5.40. The van der Waals surface area contributed by atoms with Crippen LogP contribution in [0.4, 0.5) is 0 Å². The molecule has 1 atom stereocenters. The normalized spacial score (nSPS) is 19.7. The Morgan fingerprint density at radius 3 is 2.82 bits per heavy atom. The number of hydrogen-bond donors (Lipinski definition) is 0. The van der Waals surface area contributed by atoms with E-state index in [2.05, 4.69) is 29.8 Å². The van der Waals surface area contributed by atoms with E-state index in [4.69, 9.17) is 0 Å². The summed E-state index contributed by atoms with van der Waals surface area (Å²) in [6, 6.07) is 6.33. The first-order chi connectivity index (χ1) is 8.13. The number of amides is 1. The summed E-state index contributed by atoms with van der Waals surface area (Å²) in [5.74, 6) is 0.176. The molecular formula is C14H18BrNO. The molecule has 0 radical (unpaired) electrons. The number of benzene rings is 1. The lowest BCUT2D eigenvalue weighted by molar-refractivity contribution is 0.0750. The molecule has 1 fully saturated rings. The number of rotatable bonds is 2. The largest absolute Gasteiger partial charge is 0.335 e. The minimum absolute atomic E-state index is 0.176. The van der Waals surface area contributed by atoms with Gasteiger partial charge in [0.1, 0.15) is 0 Å². The highest BCUT2D eigenvalue weighted by Gasteiger charge is 2.28. The van der Waals surface area contributed by atoms with Crippen LogP contribution in [0, 0.1) is 13.8 Å². The van der Waals surface area contributed by atoms with Gasteiger partial charge < -0.3 is 4.90 Å². The van der Waals surface area contributed by atoms with Gasteiger partial charge in [0.15, 0.2) is 0 Å². The van der Waals surface area contributed by atoms with Crippen LogP contribution in [0.1, 0.15) is 34.3 Å². The fraction of sp³-hybridized carbons (Fsp3) is 0.500. The Hall–Kier alpha value is -0.830. The first-order valence-electron chi connectivity index (χ1n) is 6.07. The van der Waals surface area contributed by atoms with Gasteiger partial charge in [-0.05, 0) is 49.9 Å². The Bertz CT molecular complexity index is 430. The second kappa shape index (κ2) is 5.21. The van der Waals surface area contributed by atoms with Crippen molar-refractivity contribution in [2.24, 2.45) is 0 Å². The summed E-state index contributed by atoms with van der Waals surface area (Å²) >= 11 is 3.49. The summed E-state index contributed by atoms with van der Waals surface area (Å²) < 4.78 is 0. The predicted octanol–water partition coefficient (Wildman–Crippen LogP) is 3.30. The molecule has 1 saturated heterocycles. The van der Waals surface area contributed by atoms with Crippen LogP contribution in [0.5, 0.6) is 0 Å². The molecule has 92 valence electrons. The third-order valence-electron chi connectivity index (χ3n) is 3.57. The molecule has 1 unspecified atom stereocenters. The second-order valence-electron chi connectivity index (χ2n) is 4.75. The van der Waals surface area contributed by atoms with Gasteiger partial charge in [0, 0.05) is 23.5 Å². The van der Waals surface area contributed by atoms with Crippen LogP contribution in [0.3, 0.4) is 0 Å². The number of hydrogen-bond acceptors (Lipinski definition) is 1. The van der Waals surface area contributed by atoms with Crippen molar-refractivity contribution in [3.63, 3.8) is 0 Å². The van der Waals surface area contributed by atoms with Crippen molar-refractivity contribution in [1.82, 2.24) is 4.90 Å². The lowest BCUT2D eigenvalue weighted by Crippen LogP contribution is -2.36. The van der Waals surface area contributed by atoms with Crippen LogP contribution in [0.25, 0.3) is 0 Å². The average molecular weight is 296 g/mol. The first-order valence-corrected chi connectivity index (χ1v) is 7.20. The van der Waals surface area contributed by atoms with Crippen molar-refractivity contribution in [1.29, 1.82) is 0 Å². The lowest BCUT2D eigenvalue weighted by Gasteiger charge is -2.23. The number of halogens is 1. The maximum Gasteiger partial charge on any atom is 0.254 e. The van der Waals surface area contributed by atoms with Crippen molar-refractivity contribution in [3.8, 4) is 0 Å². The zero-order valence-electron chi connectivity index (χ0n) is 10.4. The Morgan fingerprint density at radius 1 is 1.41 bits per heavy atom. The fourth-order valence-electron chi connectivity index (χ4n) is 2.30. The minimum Gasteiger partial charge on any atom is -0.335 e. The maximum atomic E-state index is 12.4. The van der Waals surface area contributed by atoms with Gasteiger partial charge in [0.2, 0.25) is 0 Å². The molecule has 17 heavy (non-hydrogen) atoms. The van der Waals surface area contributed by atoms with Crippen molar-refractivity contribution in [2.75, 3.05) is 11.9 Å². The monoisotopic (exact) mass is 295 g/mol. The summed E-state index contributed by atoms with van der Waals surface area (Å²) in [5, 5.41) is 0.879. The molecule has 1 aliphatic rings. The van der Waals surface area contributed by atoms with Crippen LogP contribution in [-0.2, 0) is 0 Å². The van der Waals surface area contributed by atoms with Crippen LogP contribution < -0.4 is 0 Å². The first kappa shape index (κ1) is 12.6. The highest BCUT2D eigenvalue weighted by Crippen LogP contribution is 2.22. The molecule has 1 aliphatic heterocycles. The van der Waals surface area contributed by atoms with E-state index < -0.39 is 0 Å². The lowest BCUT2D eigenvalue weighted by atomic mass is 10.1. The highest BCUT2D eigenvalue weighted by molar-refractivity contribution is 9.09. The predicted molar refractivity (Wildman–Crippen MR) is 73.8 cm³/mol. The highest BCUT2D eigenvalue weighted by atomic mass is 79.9. The number of alkyl halides is 1. The summed E-state index contributed by atoms with van der Waals surface area (Å²) in [6.45, 7) is 5.01. The fourth-order valence-corrected chi connectivity index (χ4v) is 2.98. The Balaban J connectivity index is 2.21. The van der Waals surface area contributed by atoms with E-state index in [1.165, 1.54) is 11.1 Å². The molecule has 2 nitrogen and oxygen atoms in total. The molecule has 0 bridgehead atoms. The number of carbonyl (C=O) groups excluding carboxylic acids is 1. The molecule has 1 aromatic carbocycles. The van der Waals surface area contributed by atoms with Gasteiger partial charge in [-0.2, -0.15) is 0 Å². The van der Waals surface area contributed by atoms with Crippen molar-refractivity contribution in [3.05, 3.63) is 34.9 Å². The van der Waals surface area contributed by atoms with Gasteiger partial charge in [-0.1, -0.05) is 22.0 Å². The number of carbonyl (C=O) groups is 1. The zero-order valence-corrected chi connectivity index (χ0v) is 12.0. The Kier molecular flexibility index (Phi) is 3.87. The summed E-state index contributed by atoms with van der Waals surface area (Å²) in [5.41, 5.74) is 3.24. The summed E-state index contributed by atoms with van der Waals surface area (Å²) in [4.78, 5) is 14.4. The van der Waals surface area contributed by atoms with Crippen molar-refractivity contribution < 1.29 is 4.79 Å². The Morgan fingerprint density at radius 2 is 2.18 bits per heavy atom. The zero-order chi connectivity index (χ0) is 12.4.